The van der Waals surface area contributed by atoms with Crippen molar-refractivity contribution in [2.24, 2.45) is 0 Å². The molecule has 0 bridgehead atoms. The van der Waals surface area contributed by atoms with Crippen molar-refractivity contribution in [3.63, 3.8) is 0 Å². The summed E-state index contributed by atoms with van der Waals surface area (Å²) in [5.74, 6) is 0. The molecule has 40 valence electrons. The molecule has 0 saturated heterocycles. The third-order valence-corrected chi connectivity index (χ3v) is 0.935. The maximum Gasteiger partial charge on any atom is 0.183 e. The van der Waals surface area contributed by atoms with E-state index in [1.807, 2.05) is 22.6 Å². The van der Waals surface area contributed by atoms with E-state index in [9.17, 15) is 0 Å². The highest BCUT2D eigenvalue weighted by atomic mass is 127. The van der Waals surface area contributed by atoms with E-state index in [1.165, 1.54) is 6.39 Å². The zero-order valence-electron chi connectivity index (χ0n) is 3.30. The SMILES string of the molecule is Cl.Ic1cnco1. The Balaban J connectivity index is 0.000000360. The Kier molecular flexibility index (Phi) is 3.37. The van der Waals surface area contributed by atoms with Gasteiger partial charge in [-0.3, -0.25) is 0 Å². The van der Waals surface area contributed by atoms with Gasteiger partial charge in [-0.25, -0.2) is 4.98 Å². The lowest BCUT2D eigenvalue weighted by molar-refractivity contribution is 0.530. The molecule has 0 spiro atoms. The van der Waals surface area contributed by atoms with Crippen LogP contribution in [0.3, 0.4) is 0 Å². The van der Waals surface area contributed by atoms with Crippen molar-refractivity contribution in [3.05, 3.63) is 16.4 Å². The van der Waals surface area contributed by atoms with Gasteiger partial charge in [0.25, 0.3) is 0 Å². The zero-order chi connectivity index (χ0) is 4.41. The second-order valence-electron chi connectivity index (χ2n) is 0.806. The van der Waals surface area contributed by atoms with Gasteiger partial charge in [-0.05, 0) is 0 Å². The van der Waals surface area contributed by atoms with E-state index in [0.29, 0.717) is 0 Å². The van der Waals surface area contributed by atoms with E-state index in [0.717, 1.165) is 3.77 Å². The summed E-state index contributed by atoms with van der Waals surface area (Å²) < 4.78 is 5.54. The summed E-state index contributed by atoms with van der Waals surface area (Å²) in [5.41, 5.74) is 0. The molecular weight excluding hydrogens is 228 g/mol. The third kappa shape index (κ3) is 2.13. The molecule has 2 nitrogen and oxygen atoms in total. The number of oxazole rings is 1. The van der Waals surface area contributed by atoms with Gasteiger partial charge in [-0.15, -0.1) is 12.4 Å². The van der Waals surface area contributed by atoms with Crippen LogP contribution in [0.5, 0.6) is 0 Å². The maximum absolute atomic E-state index is 4.71. The average molecular weight is 231 g/mol. The van der Waals surface area contributed by atoms with Crippen LogP contribution in [-0.2, 0) is 0 Å². The first-order chi connectivity index (χ1) is 2.89. The molecule has 0 fully saturated rings. The Hall–Kier alpha value is 0.230. The molecule has 1 rings (SSSR count). The van der Waals surface area contributed by atoms with E-state index in [2.05, 4.69) is 4.98 Å². The van der Waals surface area contributed by atoms with Gasteiger partial charge >= 0.3 is 0 Å². The van der Waals surface area contributed by atoms with Crippen molar-refractivity contribution < 1.29 is 4.42 Å². The van der Waals surface area contributed by atoms with Gasteiger partial charge in [0.1, 0.15) is 0 Å². The Morgan fingerprint density at radius 3 is 2.57 bits per heavy atom. The van der Waals surface area contributed by atoms with Gasteiger partial charge < -0.3 is 4.42 Å². The standard InChI is InChI=1S/C3H2INO.ClH/c4-3-1-5-2-6-3;/h1-2H;1H. The number of rotatable bonds is 0. The molecule has 0 aliphatic rings. The highest BCUT2D eigenvalue weighted by molar-refractivity contribution is 14.1. The molecule has 1 heterocycles. The minimum absolute atomic E-state index is 0. The minimum Gasteiger partial charge on any atom is -0.438 e. The molecule has 0 amide bonds. The molecule has 0 aliphatic heterocycles. The quantitative estimate of drug-likeness (QED) is 0.635. The van der Waals surface area contributed by atoms with Crippen LogP contribution in [0.2, 0.25) is 0 Å². The minimum atomic E-state index is 0. The fourth-order valence-electron chi connectivity index (χ4n) is 0.200. The Labute approximate surface area is 60.9 Å². The molecule has 7 heavy (non-hydrogen) atoms. The van der Waals surface area contributed by atoms with Gasteiger partial charge in [-0.1, -0.05) is 0 Å². The van der Waals surface area contributed by atoms with E-state index in [1.54, 1.807) is 6.20 Å². The average Bonchev–Trinajstić information content (AvgIpc) is 1.86. The topological polar surface area (TPSA) is 26.0 Å². The van der Waals surface area contributed by atoms with E-state index in [4.69, 9.17) is 4.42 Å². The first-order valence-corrected chi connectivity index (χ1v) is 2.51. The molecule has 0 aliphatic carbocycles. The Morgan fingerprint density at radius 2 is 2.43 bits per heavy atom. The summed E-state index contributed by atoms with van der Waals surface area (Å²) >= 11 is 2.05. The summed E-state index contributed by atoms with van der Waals surface area (Å²) in [6.45, 7) is 0. The predicted molar refractivity (Wildman–Crippen MR) is 36.5 cm³/mol. The van der Waals surface area contributed by atoms with Crippen molar-refractivity contribution in [3.8, 4) is 0 Å². The summed E-state index contributed by atoms with van der Waals surface area (Å²) in [4.78, 5) is 3.65. The van der Waals surface area contributed by atoms with Gasteiger partial charge in [0.15, 0.2) is 10.2 Å². The molecule has 0 saturated carbocycles. The number of halogens is 2. The lowest BCUT2D eigenvalue weighted by atomic mass is 11.0. The van der Waals surface area contributed by atoms with Crippen LogP contribution >= 0.6 is 35.0 Å². The highest BCUT2D eigenvalue weighted by Gasteiger charge is 1.80. The first-order valence-electron chi connectivity index (χ1n) is 1.43. The monoisotopic (exact) mass is 231 g/mol. The van der Waals surface area contributed by atoms with Crippen LogP contribution in [0.4, 0.5) is 0 Å². The fourth-order valence-corrected chi connectivity index (χ4v) is 0.475. The van der Waals surface area contributed by atoms with Crippen molar-refractivity contribution in [1.82, 2.24) is 4.98 Å². The van der Waals surface area contributed by atoms with Gasteiger partial charge in [-0.2, -0.15) is 0 Å². The van der Waals surface area contributed by atoms with Crippen molar-refractivity contribution in [2.45, 2.75) is 0 Å². The highest BCUT2D eigenvalue weighted by Crippen LogP contribution is 1.97. The summed E-state index contributed by atoms with van der Waals surface area (Å²) in [6, 6.07) is 0. The van der Waals surface area contributed by atoms with E-state index in [-0.39, 0.29) is 12.4 Å². The molecule has 0 radical (unpaired) electrons. The van der Waals surface area contributed by atoms with Crippen LogP contribution in [0.25, 0.3) is 0 Å². The second-order valence-corrected chi connectivity index (χ2v) is 1.87. The molecule has 0 unspecified atom stereocenters. The summed E-state index contributed by atoms with van der Waals surface area (Å²) in [6.07, 6.45) is 3.06. The van der Waals surface area contributed by atoms with Gasteiger partial charge in [0, 0.05) is 22.6 Å². The molecule has 0 atom stereocenters. The largest absolute Gasteiger partial charge is 0.438 e. The lowest BCUT2D eigenvalue weighted by Crippen LogP contribution is -1.47. The molecule has 1 aromatic rings. The number of hydrogen-bond acceptors (Lipinski definition) is 2. The lowest BCUT2D eigenvalue weighted by Gasteiger charge is -1.63. The van der Waals surface area contributed by atoms with Crippen LogP contribution in [-0.4, -0.2) is 4.98 Å². The zero-order valence-corrected chi connectivity index (χ0v) is 6.27. The Bertz CT molecular complexity index is 118. The van der Waals surface area contributed by atoms with E-state index < -0.39 is 0 Å². The van der Waals surface area contributed by atoms with Crippen molar-refractivity contribution >= 4 is 35.0 Å². The maximum atomic E-state index is 4.71. The molecule has 0 N–H and O–H groups in total. The van der Waals surface area contributed by atoms with Crippen LogP contribution in [0.1, 0.15) is 0 Å². The predicted octanol–water partition coefficient (Wildman–Crippen LogP) is 1.70. The van der Waals surface area contributed by atoms with E-state index >= 15 is 0 Å². The molecule has 1 aromatic heterocycles. The van der Waals surface area contributed by atoms with Crippen molar-refractivity contribution in [1.29, 1.82) is 0 Å². The Morgan fingerprint density at radius 1 is 1.71 bits per heavy atom. The second kappa shape index (κ2) is 3.26. The van der Waals surface area contributed by atoms with Crippen molar-refractivity contribution in [2.75, 3.05) is 0 Å². The van der Waals surface area contributed by atoms with Gasteiger partial charge in [0.2, 0.25) is 0 Å². The van der Waals surface area contributed by atoms with Crippen LogP contribution in [0, 0.1) is 3.77 Å². The van der Waals surface area contributed by atoms with Crippen LogP contribution < -0.4 is 0 Å². The molecule has 4 heteroatoms. The summed E-state index contributed by atoms with van der Waals surface area (Å²) in [5, 5.41) is 0. The number of hydrogen-bond donors (Lipinski definition) is 0. The third-order valence-electron chi connectivity index (χ3n) is 0.402. The smallest absolute Gasteiger partial charge is 0.183 e. The summed E-state index contributed by atoms with van der Waals surface area (Å²) in [7, 11) is 0. The fraction of sp³-hybridized carbons (Fsp3) is 0. The molecular formula is C3H3ClINO. The first kappa shape index (κ1) is 7.23. The molecule has 0 aromatic carbocycles. The number of nitrogens with zero attached hydrogens (tertiary/aromatic N) is 1. The van der Waals surface area contributed by atoms with Gasteiger partial charge in [0.05, 0.1) is 6.20 Å². The van der Waals surface area contributed by atoms with Crippen LogP contribution in [0.15, 0.2) is 17.0 Å². The number of aromatic nitrogens is 1. The normalized spacial score (nSPS) is 7.57.